The Morgan fingerprint density at radius 1 is 1.25 bits per heavy atom. The van der Waals surface area contributed by atoms with Crippen molar-refractivity contribution in [2.75, 3.05) is 39.3 Å². The van der Waals surface area contributed by atoms with Crippen LogP contribution in [-0.2, 0) is 6.54 Å². The van der Waals surface area contributed by atoms with Gasteiger partial charge in [0, 0.05) is 50.9 Å². The molecule has 1 atom stereocenters. The first-order chi connectivity index (χ1) is 9.72. The zero-order valence-corrected chi connectivity index (χ0v) is 12.2. The van der Waals surface area contributed by atoms with Crippen molar-refractivity contribution in [1.82, 2.24) is 15.1 Å². The van der Waals surface area contributed by atoms with Crippen LogP contribution in [0.2, 0.25) is 0 Å². The summed E-state index contributed by atoms with van der Waals surface area (Å²) in [6.45, 7) is 9.36. The van der Waals surface area contributed by atoms with E-state index in [1.165, 1.54) is 6.42 Å². The van der Waals surface area contributed by atoms with E-state index in [0.717, 1.165) is 56.9 Å². The van der Waals surface area contributed by atoms with E-state index >= 15 is 0 Å². The van der Waals surface area contributed by atoms with Gasteiger partial charge in [-0.25, -0.2) is 4.39 Å². The van der Waals surface area contributed by atoms with Crippen LogP contribution in [0.1, 0.15) is 17.5 Å². The number of rotatable bonds is 3. The zero-order valence-electron chi connectivity index (χ0n) is 12.2. The van der Waals surface area contributed by atoms with E-state index in [1.54, 1.807) is 6.07 Å². The first kappa shape index (κ1) is 14.0. The fourth-order valence-electron chi connectivity index (χ4n) is 3.30. The van der Waals surface area contributed by atoms with Gasteiger partial charge in [-0.1, -0.05) is 17.7 Å². The van der Waals surface area contributed by atoms with Crippen LogP contribution in [0, 0.1) is 12.7 Å². The largest absolute Gasteiger partial charge is 0.315 e. The Labute approximate surface area is 120 Å². The van der Waals surface area contributed by atoms with Crippen LogP contribution in [0.25, 0.3) is 0 Å². The van der Waals surface area contributed by atoms with E-state index in [4.69, 9.17) is 0 Å². The minimum Gasteiger partial charge on any atom is -0.315 e. The summed E-state index contributed by atoms with van der Waals surface area (Å²) in [6, 6.07) is 6.12. The number of hydrogen-bond donors (Lipinski definition) is 1. The fraction of sp³-hybridized carbons (Fsp3) is 0.625. The fourth-order valence-corrected chi connectivity index (χ4v) is 3.30. The molecule has 4 heteroatoms. The number of benzene rings is 1. The average Bonchev–Trinajstić information content (AvgIpc) is 2.98. The Morgan fingerprint density at radius 2 is 2.05 bits per heavy atom. The van der Waals surface area contributed by atoms with E-state index in [9.17, 15) is 4.39 Å². The molecule has 1 N–H and O–H groups in total. The first-order valence-corrected chi connectivity index (χ1v) is 7.64. The highest BCUT2D eigenvalue weighted by Crippen LogP contribution is 2.16. The molecule has 1 aromatic rings. The minimum atomic E-state index is -0.0713. The van der Waals surface area contributed by atoms with Gasteiger partial charge in [-0.2, -0.15) is 0 Å². The standard InChI is InChI=1S/C16H24FN3/c1-13-2-3-16(17)14(10-13)12-19-6-8-20(9-7-19)15-4-5-18-11-15/h2-3,10,15,18H,4-9,11-12H2,1H3. The Hall–Kier alpha value is -0.970. The van der Waals surface area contributed by atoms with Crippen LogP contribution in [0.3, 0.4) is 0 Å². The van der Waals surface area contributed by atoms with E-state index in [1.807, 2.05) is 19.1 Å². The summed E-state index contributed by atoms with van der Waals surface area (Å²) < 4.78 is 13.8. The third-order valence-electron chi connectivity index (χ3n) is 4.55. The Balaban J connectivity index is 1.54. The van der Waals surface area contributed by atoms with Crippen molar-refractivity contribution < 1.29 is 4.39 Å². The molecule has 2 saturated heterocycles. The second kappa shape index (κ2) is 6.20. The molecule has 20 heavy (non-hydrogen) atoms. The number of aryl methyl sites for hydroxylation is 1. The summed E-state index contributed by atoms with van der Waals surface area (Å²) >= 11 is 0. The van der Waals surface area contributed by atoms with Crippen molar-refractivity contribution in [2.45, 2.75) is 25.9 Å². The van der Waals surface area contributed by atoms with E-state index in [0.29, 0.717) is 6.04 Å². The smallest absolute Gasteiger partial charge is 0.127 e. The maximum Gasteiger partial charge on any atom is 0.127 e. The lowest BCUT2D eigenvalue weighted by atomic mass is 10.1. The average molecular weight is 277 g/mol. The summed E-state index contributed by atoms with van der Waals surface area (Å²) in [5.74, 6) is -0.0713. The molecule has 2 aliphatic heterocycles. The van der Waals surface area contributed by atoms with E-state index < -0.39 is 0 Å². The van der Waals surface area contributed by atoms with Gasteiger partial charge in [0.2, 0.25) is 0 Å². The molecule has 0 amide bonds. The summed E-state index contributed by atoms with van der Waals surface area (Å²) in [4.78, 5) is 4.96. The number of hydrogen-bond acceptors (Lipinski definition) is 3. The predicted octanol–water partition coefficient (Wildman–Crippen LogP) is 1.61. The molecule has 3 rings (SSSR count). The SMILES string of the molecule is Cc1ccc(F)c(CN2CCN(C3CCNC3)CC2)c1. The molecule has 0 radical (unpaired) electrons. The third-order valence-corrected chi connectivity index (χ3v) is 4.55. The normalized spacial score (nSPS) is 25.2. The number of piperazine rings is 1. The van der Waals surface area contributed by atoms with Crippen molar-refractivity contribution in [3.05, 3.63) is 35.1 Å². The lowest BCUT2D eigenvalue weighted by molar-refractivity contribution is 0.0974. The van der Waals surface area contributed by atoms with Gasteiger partial charge < -0.3 is 5.32 Å². The number of nitrogens with one attached hydrogen (secondary N) is 1. The lowest BCUT2D eigenvalue weighted by Crippen LogP contribution is -2.50. The monoisotopic (exact) mass is 277 g/mol. The molecule has 110 valence electrons. The topological polar surface area (TPSA) is 18.5 Å². The molecule has 1 aromatic carbocycles. The van der Waals surface area contributed by atoms with Gasteiger partial charge in [0.25, 0.3) is 0 Å². The van der Waals surface area contributed by atoms with Crippen molar-refractivity contribution in [1.29, 1.82) is 0 Å². The van der Waals surface area contributed by atoms with Gasteiger partial charge in [-0.3, -0.25) is 9.80 Å². The van der Waals surface area contributed by atoms with Crippen molar-refractivity contribution in [3.63, 3.8) is 0 Å². The molecular formula is C16H24FN3. The summed E-state index contributed by atoms with van der Waals surface area (Å²) in [5.41, 5.74) is 1.97. The van der Waals surface area contributed by atoms with Crippen LogP contribution in [-0.4, -0.2) is 55.1 Å². The quantitative estimate of drug-likeness (QED) is 0.905. The summed E-state index contributed by atoms with van der Waals surface area (Å²) in [6.07, 6.45) is 1.27. The van der Waals surface area contributed by atoms with Gasteiger partial charge in [0.05, 0.1) is 0 Å². The zero-order chi connectivity index (χ0) is 13.9. The molecule has 0 bridgehead atoms. The van der Waals surface area contributed by atoms with Gasteiger partial charge >= 0.3 is 0 Å². The Bertz CT molecular complexity index is 449. The van der Waals surface area contributed by atoms with E-state index in [2.05, 4.69) is 15.1 Å². The van der Waals surface area contributed by atoms with Crippen LogP contribution in [0.4, 0.5) is 4.39 Å². The second-order valence-corrected chi connectivity index (χ2v) is 6.05. The molecule has 0 saturated carbocycles. The highest BCUT2D eigenvalue weighted by atomic mass is 19.1. The minimum absolute atomic E-state index is 0.0713. The van der Waals surface area contributed by atoms with Gasteiger partial charge in [-0.05, 0) is 26.0 Å². The number of nitrogens with zero attached hydrogens (tertiary/aromatic N) is 2. The Kier molecular flexibility index (Phi) is 4.34. The van der Waals surface area contributed by atoms with Crippen LogP contribution < -0.4 is 5.32 Å². The molecule has 2 fully saturated rings. The lowest BCUT2D eigenvalue weighted by Gasteiger charge is -2.37. The van der Waals surface area contributed by atoms with Crippen molar-refractivity contribution in [2.24, 2.45) is 0 Å². The molecule has 0 spiro atoms. The number of halogens is 1. The van der Waals surface area contributed by atoms with Crippen LogP contribution in [0.5, 0.6) is 0 Å². The summed E-state index contributed by atoms with van der Waals surface area (Å²) in [7, 11) is 0. The molecule has 0 aliphatic carbocycles. The third kappa shape index (κ3) is 3.19. The first-order valence-electron chi connectivity index (χ1n) is 7.64. The van der Waals surface area contributed by atoms with E-state index in [-0.39, 0.29) is 5.82 Å². The highest BCUT2D eigenvalue weighted by Gasteiger charge is 2.26. The molecular weight excluding hydrogens is 253 g/mol. The van der Waals surface area contributed by atoms with Crippen LogP contribution >= 0.6 is 0 Å². The maximum absolute atomic E-state index is 13.8. The van der Waals surface area contributed by atoms with Gasteiger partial charge in [0.1, 0.15) is 5.82 Å². The maximum atomic E-state index is 13.8. The van der Waals surface area contributed by atoms with Gasteiger partial charge in [-0.15, -0.1) is 0 Å². The summed E-state index contributed by atoms with van der Waals surface area (Å²) in [5, 5.41) is 3.43. The molecule has 3 nitrogen and oxygen atoms in total. The van der Waals surface area contributed by atoms with Crippen molar-refractivity contribution in [3.8, 4) is 0 Å². The predicted molar refractivity (Wildman–Crippen MR) is 79.3 cm³/mol. The van der Waals surface area contributed by atoms with Gasteiger partial charge in [0.15, 0.2) is 0 Å². The van der Waals surface area contributed by atoms with Crippen LogP contribution in [0.15, 0.2) is 18.2 Å². The molecule has 2 heterocycles. The molecule has 1 unspecified atom stereocenters. The highest BCUT2D eigenvalue weighted by molar-refractivity contribution is 5.24. The molecule has 2 aliphatic rings. The molecule has 0 aromatic heterocycles. The van der Waals surface area contributed by atoms with Crippen molar-refractivity contribution >= 4 is 0 Å². The Morgan fingerprint density at radius 3 is 2.75 bits per heavy atom. The second-order valence-electron chi connectivity index (χ2n) is 6.05.